The molecule has 3 rings (SSSR count). The number of rotatable bonds is 4. The van der Waals surface area contributed by atoms with E-state index in [-0.39, 0.29) is 5.95 Å². The highest BCUT2D eigenvalue weighted by atomic mass is 32.2. The number of anilines is 2. The summed E-state index contributed by atoms with van der Waals surface area (Å²) in [5.74, 6) is 1.07. The van der Waals surface area contributed by atoms with E-state index in [0.29, 0.717) is 31.1 Å². The van der Waals surface area contributed by atoms with Crippen LogP contribution in [0.4, 0.5) is 11.8 Å². The van der Waals surface area contributed by atoms with Crippen molar-refractivity contribution >= 4 is 21.8 Å². The van der Waals surface area contributed by atoms with Crippen molar-refractivity contribution in [2.24, 2.45) is 0 Å². The summed E-state index contributed by atoms with van der Waals surface area (Å²) in [7, 11) is -3.47. The Bertz CT molecular complexity index is 889. The zero-order chi connectivity index (χ0) is 18.9. The Balaban J connectivity index is 1.77. The van der Waals surface area contributed by atoms with E-state index in [0.717, 1.165) is 29.1 Å². The van der Waals surface area contributed by atoms with Crippen molar-refractivity contribution in [1.82, 2.24) is 14.3 Å². The maximum Gasteiger partial charge on any atom is 0.243 e. The van der Waals surface area contributed by atoms with Crippen LogP contribution in [0.1, 0.15) is 23.7 Å². The fourth-order valence-corrected chi connectivity index (χ4v) is 4.64. The quantitative estimate of drug-likeness (QED) is 0.875. The molecule has 0 unspecified atom stereocenters. The van der Waals surface area contributed by atoms with Gasteiger partial charge >= 0.3 is 0 Å². The Hall–Kier alpha value is -2.19. The lowest BCUT2D eigenvalue weighted by atomic mass is 10.1. The normalized spacial score (nSPS) is 16.0. The third-order valence-corrected chi connectivity index (χ3v) is 6.68. The van der Waals surface area contributed by atoms with Gasteiger partial charge in [-0.05, 0) is 32.4 Å². The molecule has 0 bridgehead atoms. The first kappa shape index (κ1) is 18.6. The van der Waals surface area contributed by atoms with Gasteiger partial charge in [0.1, 0.15) is 5.82 Å². The molecule has 1 aliphatic rings. The van der Waals surface area contributed by atoms with Crippen LogP contribution in [0, 0.1) is 13.8 Å². The zero-order valence-corrected chi connectivity index (χ0v) is 16.3. The third-order valence-electron chi connectivity index (χ3n) is 4.77. The van der Waals surface area contributed by atoms with Crippen molar-refractivity contribution in [1.29, 1.82) is 0 Å². The van der Waals surface area contributed by atoms with Gasteiger partial charge in [0.25, 0.3) is 0 Å². The standard InChI is InChI=1S/C18H25N5O2S/c1-4-16-14(3)17(21-18(19)20-16)22-9-11-23(12-10-22)26(24,25)15-7-5-13(2)6-8-15/h5-8H,4,9-12H2,1-3H3,(H2,19,20,21). The van der Waals surface area contributed by atoms with Crippen LogP contribution in [0.2, 0.25) is 0 Å². The van der Waals surface area contributed by atoms with Gasteiger partial charge in [0.15, 0.2) is 0 Å². The van der Waals surface area contributed by atoms with E-state index in [1.165, 1.54) is 4.31 Å². The fourth-order valence-electron chi connectivity index (χ4n) is 3.22. The zero-order valence-electron chi connectivity index (χ0n) is 15.4. The van der Waals surface area contributed by atoms with E-state index in [4.69, 9.17) is 5.73 Å². The molecule has 26 heavy (non-hydrogen) atoms. The van der Waals surface area contributed by atoms with Crippen LogP contribution < -0.4 is 10.6 Å². The minimum absolute atomic E-state index is 0.261. The monoisotopic (exact) mass is 375 g/mol. The highest BCUT2D eigenvalue weighted by Gasteiger charge is 2.29. The van der Waals surface area contributed by atoms with Crippen molar-refractivity contribution in [3.05, 3.63) is 41.1 Å². The van der Waals surface area contributed by atoms with Gasteiger partial charge in [0.2, 0.25) is 16.0 Å². The summed E-state index contributed by atoms with van der Waals surface area (Å²) in [6.07, 6.45) is 0.785. The Morgan fingerprint density at radius 3 is 2.23 bits per heavy atom. The molecule has 1 aliphatic heterocycles. The minimum atomic E-state index is -3.47. The molecule has 7 nitrogen and oxygen atoms in total. The first-order chi connectivity index (χ1) is 12.3. The molecule has 1 saturated heterocycles. The van der Waals surface area contributed by atoms with Gasteiger partial charge in [-0.25, -0.2) is 13.4 Å². The molecule has 0 aliphatic carbocycles. The first-order valence-corrected chi connectivity index (χ1v) is 10.2. The number of hydrogen-bond acceptors (Lipinski definition) is 6. The summed E-state index contributed by atoms with van der Waals surface area (Å²) in [6, 6.07) is 6.98. The molecule has 140 valence electrons. The SMILES string of the molecule is CCc1nc(N)nc(N2CCN(S(=O)(=O)c3ccc(C)cc3)CC2)c1C. The lowest BCUT2D eigenvalue weighted by Gasteiger charge is -2.35. The number of benzene rings is 1. The Labute approximate surface area is 154 Å². The molecular weight excluding hydrogens is 350 g/mol. The molecule has 2 heterocycles. The maximum atomic E-state index is 12.8. The largest absolute Gasteiger partial charge is 0.368 e. The van der Waals surface area contributed by atoms with Crippen molar-refractivity contribution in [3.63, 3.8) is 0 Å². The second-order valence-corrected chi connectivity index (χ2v) is 8.47. The molecular formula is C18H25N5O2S. The molecule has 0 radical (unpaired) electrons. The van der Waals surface area contributed by atoms with Crippen molar-refractivity contribution in [2.75, 3.05) is 36.8 Å². The molecule has 8 heteroatoms. The van der Waals surface area contributed by atoms with E-state index in [2.05, 4.69) is 14.9 Å². The van der Waals surface area contributed by atoms with E-state index in [1.807, 2.05) is 32.9 Å². The average Bonchev–Trinajstić information content (AvgIpc) is 2.64. The van der Waals surface area contributed by atoms with Crippen LogP contribution in [0.5, 0.6) is 0 Å². The second-order valence-electron chi connectivity index (χ2n) is 6.53. The lowest BCUT2D eigenvalue weighted by Crippen LogP contribution is -2.49. The van der Waals surface area contributed by atoms with Gasteiger partial charge < -0.3 is 10.6 Å². The van der Waals surface area contributed by atoms with E-state index in [1.54, 1.807) is 12.1 Å². The summed E-state index contributed by atoms with van der Waals surface area (Å²) in [6.45, 7) is 7.95. The Kier molecular flexibility index (Phi) is 5.15. The Morgan fingerprint density at radius 1 is 1.04 bits per heavy atom. The number of nitrogens with two attached hydrogens (primary N) is 1. The summed E-state index contributed by atoms with van der Waals surface area (Å²) in [4.78, 5) is 11.1. The molecule has 2 N–H and O–H groups in total. The van der Waals surface area contributed by atoms with Crippen LogP contribution in [-0.2, 0) is 16.4 Å². The highest BCUT2D eigenvalue weighted by molar-refractivity contribution is 7.89. The summed E-state index contributed by atoms with van der Waals surface area (Å²) < 4.78 is 27.2. The number of nitrogen functional groups attached to an aromatic ring is 1. The van der Waals surface area contributed by atoms with Gasteiger partial charge in [-0.3, -0.25) is 0 Å². The van der Waals surface area contributed by atoms with Crippen molar-refractivity contribution in [3.8, 4) is 0 Å². The van der Waals surface area contributed by atoms with E-state index < -0.39 is 10.0 Å². The fraction of sp³-hybridized carbons (Fsp3) is 0.444. The second kappa shape index (κ2) is 7.20. The molecule has 0 atom stereocenters. The van der Waals surface area contributed by atoms with Gasteiger partial charge in [0, 0.05) is 31.7 Å². The number of piperazine rings is 1. The number of sulfonamides is 1. The predicted octanol–water partition coefficient (Wildman–Crippen LogP) is 1.75. The first-order valence-electron chi connectivity index (χ1n) is 8.77. The van der Waals surface area contributed by atoms with Gasteiger partial charge in [-0.1, -0.05) is 24.6 Å². The number of aromatic nitrogens is 2. The maximum absolute atomic E-state index is 12.8. The van der Waals surface area contributed by atoms with Gasteiger partial charge in [-0.15, -0.1) is 0 Å². The molecule has 1 aromatic carbocycles. The van der Waals surface area contributed by atoms with Crippen LogP contribution >= 0.6 is 0 Å². The third kappa shape index (κ3) is 3.52. The van der Waals surface area contributed by atoms with Gasteiger partial charge in [-0.2, -0.15) is 9.29 Å². The number of hydrogen-bond donors (Lipinski definition) is 1. The predicted molar refractivity (Wildman–Crippen MR) is 103 cm³/mol. The molecule has 0 saturated carbocycles. The van der Waals surface area contributed by atoms with Crippen LogP contribution in [-0.4, -0.2) is 48.9 Å². The van der Waals surface area contributed by atoms with Crippen molar-refractivity contribution < 1.29 is 8.42 Å². The van der Waals surface area contributed by atoms with Crippen LogP contribution in [0.15, 0.2) is 29.2 Å². The average molecular weight is 375 g/mol. The smallest absolute Gasteiger partial charge is 0.243 e. The molecule has 1 fully saturated rings. The summed E-state index contributed by atoms with van der Waals surface area (Å²) in [5.41, 5.74) is 8.82. The van der Waals surface area contributed by atoms with E-state index >= 15 is 0 Å². The van der Waals surface area contributed by atoms with Gasteiger partial charge in [0.05, 0.1) is 10.6 Å². The van der Waals surface area contributed by atoms with Crippen LogP contribution in [0.25, 0.3) is 0 Å². The molecule has 0 spiro atoms. The molecule has 0 amide bonds. The highest BCUT2D eigenvalue weighted by Crippen LogP contribution is 2.24. The minimum Gasteiger partial charge on any atom is -0.368 e. The van der Waals surface area contributed by atoms with E-state index in [9.17, 15) is 8.42 Å². The summed E-state index contributed by atoms with van der Waals surface area (Å²) >= 11 is 0. The van der Waals surface area contributed by atoms with Crippen molar-refractivity contribution in [2.45, 2.75) is 32.1 Å². The molecule has 2 aromatic rings. The number of nitrogens with zero attached hydrogens (tertiary/aromatic N) is 4. The lowest BCUT2D eigenvalue weighted by molar-refractivity contribution is 0.383. The summed E-state index contributed by atoms with van der Waals surface area (Å²) in [5, 5.41) is 0. The topological polar surface area (TPSA) is 92.4 Å². The molecule has 1 aromatic heterocycles. The number of aryl methyl sites for hydroxylation is 2. The van der Waals surface area contributed by atoms with Crippen LogP contribution in [0.3, 0.4) is 0 Å². The Morgan fingerprint density at radius 2 is 1.65 bits per heavy atom.